The van der Waals surface area contributed by atoms with E-state index >= 15 is 4.79 Å². The number of methoxy groups -OCH3 is 6. The largest absolute Gasteiger partial charge is 0.497 e. The molecule has 26 nitrogen and oxygen atoms in total. The molecule has 7 rings (SSSR count). The SMILES string of the molecule is C=C(OC)C(Nc1cc(OC)c(OC)cc1C(=O)OC1CC(OC2C(=O)C(NC(=O)OC)=C3C(=CCSSSC)C2(O)C#CC=CC#CC3OC2OC(C)C(NOC3CC(O)C(SC)C(C)O3)C(O)C2OC2CC(OC)C(NCCC)CO2)OC(C)C1O)OC. The number of amides is 1. The number of Topliss-reactive ketones (excluding diaryl/α,β-unsaturated/α-hetero) is 1. The summed E-state index contributed by atoms with van der Waals surface area (Å²) in [6.07, 6.45) is -11.4. The molecule has 1 aromatic rings. The highest BCUT2D eigenvalue weighted by atomic mass is 33.5. The number of thioether (sulfide) groups is 1. The van der Waals surface area contributed by atoms with Crippen molar-refractivity contribution in [2.45, 2.75) is 175 Å². The maximum atomic E-state index is 15.7. The predicted molar refractivity (Wildman–Crippen MR) is 336 cm³/mol. The van der Waals surface area contributed by atoms with Gasteiger partial charge >= 0.3 is 12.1 Å². The number of anilines is 1. The lowest BCUT2D eigenvalue weighted by molar-refractivity contribution is -0.336. The van der Waals surface area contributed by atoms with E-state index in [1.54, 1.807) is 20.1 Å². The standard InChI is InChI=1S/C60H84N4O22S4/c1-14-22-61-37-29-78-44(27-40(37)73-7)84-53-51(67)48(64-86-46-26-38(65)54(87-12)32(4)80-46)30(2)81-58(53)83-39-19-17-15-16-18-21-60(71)35(20-23-89-90-88-13)47(39)49(63-59(70)77-11)52(68)55(60)85-45-28-43(50(66)31(3)79-45)82-57(69)34-24-41(74-8)42(75-9)25-36(34)62-56(76-10)33(5)72-6/h15-16,20,24-25,30-32,37-40,43-46,48,50-51,53-56,58,61-62,64-67,71H,5,14,22-23,26-29H2,1-4,6-13H3,(H,63,70). The smallest absolute Gasteiger partial charge is 0.411 e. The zero-order valence-corrected chi connectivity index (χ0v) is 55.5. The molecule has 4 heterocycles. The molecule has 30 heteroatoms. The maximum Gasteiger partial charge on any atom is 0.411 e. The topological polar surface area (TPSA) is 319 Å². The lowest BCUT2D eigenvalue weighted by Gasteiger charge is -2.47. The van der Waals surface area contributed by atoms with Gasteiger partial charge in [-0.1, -0.05) is 64.8 Å². The molecular weight excluding hydrogens is 1260 g/mol. The number of ketones is 1. The van der Waals surface area contributed by atoms with Gasteiger partial charge in [-0.2, -0.15) is 17.2 Å². The van der Waals surface area contributed by atoms with E-state index in [-0.39, 0.29) is 88.4 Å². The fourth-order valence-corrected chi connectivity index (χ4v) is 14.3. The molecule has 4 saturated heterocycles. The first-order chi connectivity index (χ1) is 43.2. The minimum absolute atomic E-state index is 0.0840. The maximum absolute atomic E-state index is 15.7. The molecule has 1 amide bonds. The first kappa shape index (κ1) is 73.1. The number of fused-ring (bicyclic) bond motifs is 2. The second-order valence-corrected chi connectivity index (χ2v) is 26.8. The zero-order valence-electron chi connectivity index (χ0n) is 52.3. The van der Waals surface area contributed by atoms with Crippen molar-refractivity contribution in [3.05, 3.63) is 65.1 Å². The summed E-state index contributed by atoms with van der Waals surface area (Å²) in [4.78, 5) is 49.7. The number of carbonyl (C=O) groups excluding carboxylic acids is 3. The van der Waals surface area contributed by atoms with E-state index in [1.165, 1.54) is 103 Å². The number of aliphatic hydroxyl groups is 4. The second-order valence-electron chi connectivity index (χ2n) is 21.4. The van der Waals surface area contributed by atoms with Crippen LogP contribution in [0.25, 0.3) is 0 Å². The average Bonchev–Trinajstić information content (AvgIpc) is 0.735. The molecule has 4 fully saturated rings. The molecule has 0 aromatic heterocycles. The Kier molecular flexibility index (Phi) is 28.2. The summed E-state index contributed by atoms with van der Waals surface area (Å²) < 4.78 is 84.2. The highest BCUT2D eigenvalue weighted by Gasteiger charge is 2.57. The minimum Gasteiger partial charge on any atom is -0.497 e. The average molecular weight is 1340 g/mol. The molecule has 2 aliphatic carbocycles. The van der Waals surface area contributed by atoms with Crippen molar-refractivity contribution in [1.82, 2.24) is 16.1 Å². The quantitative estimate of drug-likeness (QED) is 0.0112. The normalized spacial score (nSPS) is 34.2. The van der Waals surface area contributed by atoms with Gasteiger partial charge in [0.1, 0.15) is 36.3 Å². The summed E-state index contributed by atoms with van der Waals surface area (Å²) in [5.74, 6) is 10.3. The number of allylic oxidation sites excluding steroid dienone is 2. The van der Waals surface area contributed by atoms with Gasteiger partial charge in [0.05, 0.1) is 99.8 Å². The van der Waals surface area contributed by atoms with Crippen molar-refractivity contribution >= 4 is 66.7 Å². The van der Waals surface area contributed by atoms with Gasteiger partial charge in [0.2, 0.25) is 5.78 Å². The van der Waals surface area contributed by atoms with E-state index in [0.717, 1.165) is 13.5 Å². The van der Waals surface area contributed by atoms with E-state index in [2.05, 4.69) is 51.7 Å². The third kappa shape index (κ3) is 17.7. The van der Waals surface area contributed by atoms with Crippen molar-refractivity contribution in [2.24, 2.45) is 0 Å². The van der Waals surface area contributed by atoms with Crippen LogP contribution >= 0.6 is 43.2 Å². The number of esters is 1. The summed E-state index contributed by atoms with van der Waals surface area (Å²) in [5.41, 5.74) is -0.464. The van der Waals surface area contributed by atoms with Gasteiger partial charge in [-0.25, -0.2) is 9.59 Å². The van der Waals surface area contributed by atoms with E-state index in [4.69, 9.17) is 71.2 Å². The molecule has 0 spiro atoms. The Balaban J connectivity index is 1.27. The van der Waals surface area contributed by atoms with Crippen LogP contribution in [0.15, 0.2) is 59.5 Å². The molecule has 1 aromatic carbocycles. The highest BCUT2D eigenvalue weighted by molar-refractivity contribution is 9.09. The second kappa shape index (κ2) is 34.7. The summed E-state index contributed by atoms with van der Waals surface area (Å²) >= 11 is 1.48. The molecule has 6 aliphatic rings. The first-order valence-corrected chi connectivity index (χ1v) is 34.4. The number of hydrogen-bond donors (Lipinski definition) is 8. The molecule has 8 N–H and O–H groups in total. The molecule has 500 valence electrons. The van der Waals surface area contributed by atoms with Gasteiger partial charge in [-0.05, 0) is 68.2 Å². The Labute approximate surface area is 540 Å². The lowest BCUT2D eigenvalue weighted by Crippen LogP contribution is -2.65. The minimum atomic E-state index is -2.64. The van der Waals surface area contributed by atoms with E-state index in [9.17, 15) is 30.0 Å². The molecule has 2 bridgehead atoms. The van der Waals surface area contributed by atoms with Crippen LogP contribution in [0.2, 0.25) is 0 Å². The number of rotatable bonds is 28. The van der Waals surface area contributed by atoms with Gasteiger partial charge in [-0.15, -0.1) is 0 Å². The van der Waals surface area contributed by atoms with E-state index in [1.807, 2.05) is 26.4 Å². The number of hydroxylamine groups is 1. The Hall–Kier alpha value is -4.33. The molecule has 0 saturated carbocycles. The van der Waals surface area contributed by atoms with Crippen LogP contribution in [-0.2, 0) is 66.5 Å². The Bertz CT molecular complexity index is 2840. The Morgan fingerprint density at radius 1 is 0.878 bits per heavy atom. The van der Waals surface area contributed by atoms with Crippen LogP contribution in [0.5, 0.6) is 11.5 Å². The van der Waals surface area contributed by atoms with Crippen molar-refractivity contribution in [3.63, 3.8) is 0 Å². The zero-order chi connectivity index (χ0) is 65.4. The van der Waals surface area contributed by atoms with Crippen molar-refractivity contribution in [3.8, 4) is 35.2 Å². The highest BCUT2D eigenvalue weighted by Crippen LogP contribution is 2.44. The summed E-state index contributed by atoms with van der Waals surface area (Å²) in [5, 5.41) is 57.5. The molecule has 20 unspecified atom stereocenters. The molecule has 90 heavy (non-hydrogen) atoms. The number of hydrogen-bond acceptors (Lipinski definition) is 29. The van der Waals surface area contributed by atoms with Crippen LogP contribution in [0, 0.1) is 23.7 Å². The number of benzene rings is 1. The van der Waals surface area contributed by atoms with Crippen LogP contribution < -0.4 is 30.9 Å². The van der Waals surface area contributed by atoms with Gasteiger partial charge in [0.15, 0.2) is 54.6 Å². The van der Waals surface area contributed by atoms with Crippen molar-refractivity contribution < 1.29 is 106 Å². The lowest BCUT2D eigenvalue weighted by atomic mass is 9.73. The molecule has 4 aliphatic heterocycles. The van der Waals surface area contributed by atoms with E-state index < -0.39 is 128 Å². The summed E-state index contributed by atoms with van der Waals surface area (Å²) in [7, 11) is 12.5. The Morgan fingerprint density at radius 3 is 2.27 bits per heavy atom. The molecule has 0 radical (unpaired) electrons. The summed E-state index contributed by atoms with van der Waals surface area (Å²) in [6.45, 7) is 11.8. The fourth-order valence-electron chi connectivity index (χ4n) is 11.0. The van der Waals surface area contributed by atoms with Gasteiger partial charge < -0.3 is 97.4 Å². The third-order valence-electron chi connectivity index (χ3n) is 15.7. The monoisotopic (exact) mass is 1340 g/mol. The number of ether oxygens (including phenoxy) is 14. The predicted octanol–water partition coefficient (Wildman–Crippen LogP) is 3.86. The number of nitrogens with one attached hydrogen (secondary N) is 4. The van der Waals surface area contributed by atoms with Gasteiger partial charge in [0, 0.05) is 62.5 Å². The number of aliphatic hydroxyl groups excluding tert-OH is 3. The van der Waals surface area contributed by atoms with Crippen LogP contribution in [0.4, 0.5) is 10.5 Å². The fraction of sp³-hybridized carbons (Fsp3) is 0.650. The van der Waals surface area contributed by atoms with E-state index in [0.29, 0.717) is 6.54 Å². The van der Waals surface area contributed by atoms with Crippen LogP contribution in [0.3, 0.4) is 0 Å². The number of carbonyl (C=O) groups is 3. The first-order valence-electron chi connectivity index (χ1n) is 29.1. The van der Waals surface area contributed by atoms with Crippen molar-refractivity contribution in [1.29, 1.82) is 0 Å². The van der Waals surface area contributed by atoms with Crippen LogP contribution in [-0.4, -0.2) is 234 Å². The Morgan fingerprint density at radius 2 is 1.60 bits per heavy atom. The molecule has 20 atom stereocenters. The van der Waals surface area contributed by atoms with Gasteiger partial charge in [0.25, 0.3) is 0 Å². The third-order valence-corrected chi connectivity index (χ3v) is 20.7. The molecular formula is C60H84N4O22S4. The number of alkyl carbamates (subject to hydrolysis) is 1. The summed E-state index contributed by atoms with van der Waals surface area (Å²) in [6, 6.07) is 1.62. The van der Waals surface area contributed by atoms with Crippen LogP contribution in [0.1, 0.15) is 63.7 Å². The van der Waals surface area contributed by atoms with Crippen molar-refractivity contribution in [2.75, 3.05) is 79.4 Å². The van der Waals surface area contributed by atoms with Gasteiger partial charge in [-0.3, -0.25) is 14.9 Å².